The Bertz CT molecular complexity index is 335. The fourth-order valence-electron chi connectivity index (χ4n) is 1.19. The van der Waals surface area contributed by atoms with E-state index in [1.807, 2.05) is 17.5 Å². The van der Waals surface area contributed by atoms with Crippen molar-refractivity contribution in [3.8, 4) is 0 Å². The lowest BCUT2D eigenvalue weighted by atomic mass is 10.3. The van der Waals surface area contributed by atoms with Crippen LogP contribution in [0.25, 0.3) is 0 Å². The number of ether oxygens (including phenoxy) is 1. The van der Waals surface area contributed by atoms with Crippen LogP contribution in [0.5, 0.6) is 0 Å². The van der Waals surface area contributed by atoms with Crippen molar-refractivity contribution in [3.05, 3.63) is 22.4 Å². The molecule has 0 atom stereocenters. The molecule has 88 valence electrons. The minimum Gasteiger partial charge on any atom is -0.466 e. The van der Waals surface area contributed by atoms with Crippen LogP contribution in [0.4, 0.5) is 0 Å². The van der Waals surface area contributed by atoms with E-state index >= 15 is 0 Å². The zero-order valence-electron chi connectivity index (χ0n) is 9.19. The zero-order chi connectivity index (χ0) is 11.8. The minimum atomic E-state index is -0.476. The number of esters is 1. The highest BCUT2D eigenvalue weighted by molar-refractivity contribution is 7.09. The van der Waals surface area contributed by atoms with Crippen molar-refractivity contribution in [2.24, 2.45) is 0 Å². The number of rotatable bonds is 6. The predicted molar refractivity (Wildman–Crippen MR) is 62.3 cm³/mol. The van der Waals surface area contributed by atoms with Gasteiger partial charge in [0.25, 0.3) is 0 Å². The van der Waals surface area contributed by atoms with Gasteiger partial charge in [0.15, 0.2) is 0 Å². The molecule has 0 aliphatic carbocycles. The van der Waals surface area contributed by atoms with Crippen LogP contribution in [0.1, 0.15) is 18.2 Å². The van der Waals surface area contributed by atoms with Gasteiger partial charge in [0.2, 0.25) is 5.91 Å². The first-order valence-corrected chi connectivity index (χ1v) is 6.05. The van der Waals surface area contributed by atoms with Crippen LogP contribution in [0.15, 0.2) is 17.5 Å². The predicted octanol–water partition coefficient (Wildman–Crippen LogP) is 1.36. The normalized spacial score (nSPS) is 9.81. The Hall–Kier alpha value is -1.36. The molecule has 1 aromatic rings. The lowest BCUT2D eigenvalue weighted by molar-refractivity contribution is -0.145. The molecule has 0 radical (unpaired) electrons. The number of nitrogens with one attached hydrogen (secondary N) is 1. The van der Waals surface area contributed by atoms with E-state index in [9.17, 15) is 9.59 Å². The Morgan fingerprint density at radius 3 is 2.94 bits per heavy atom. The summed E-state index contributed by atoms with van der Waals surface area (Å²) in [7, 11) is 0. The molecule has 1 amide bonds. The van der Waals surface area contributed by atoms with Crippen LogP contribution in [0.2, 0.25) is 0 Å². The van der Waals surface area contributed by atoms with Gasteiger partial charge >= 0.3 is 5.97 Å². The van der Waals surface area contributed by atoms with E-state index in [4.69, 9.17) is 0 Å². The van der Waals surface area contributed by atoms with Gasteiger partial charge in [0.05, 0.1) is 6.61 Å². The Kier molecular flexibility index (Phi) is 5.56. The Balaban J connectivity index is 2.13. The lowest BCUT2D eigenvalue weighted by Gasteiger charge is -2.03. The summed E-state index contributed by atoms with van der Waals surface area (Å²) in [5.74, 6) is -0.758. The largest absolute Gasteiger partial charge is 0.466 e. The zero-order valence-corrected chi connectivity index (χ0v) is 10.0. The highest BCUT2D eigenvalue weighted by atomic mass is 32.1. The molecule has 0 unspecified atom stereocenters. The molecule has 0 fully saturated rings. The number of carbonyl (C=O) groups excluding carboxylic acids is 2. The average Bonchev–Trinajstić information content (AvgIpc) is 2.70. The molecule has 0 aliphatic rings. The summed E-state index contributed by atoms with van der Waals surface area (Å²) < 4.78 is 4.67. The van der Waals surface area contributed by atoms with E-state index in [1.54, 1.807) is 18.3 Å². The van der Waals surface area contributed by atoms with Crippen molar-refractivity contribution >= 4 is 23.2 Å². The second-order valence-corrected chi connectivity index (χ2v) is 4.19. The number of hydrogen-bond acceptors (Lipinski definition) is 4. The van der Waals surface area contributed by atoms with Crippen molar-refractivity contribution < 1.29 is 14.3 Å². The highest BCUT2D eigenvalue weighted by Crippen LogP contribution is 2.07. The standard InChI is InChI=1S/C11H15NO3S/c1-2-15-11(14)8-10(13)12-6-5-9-4-3-7-16-9/h3-4,7H,2,5-6,8H2,1H3,(H,12,13). The monoisotopic (exact) mass is 241 g/mol. The van der Waals surface area contributed by atoms with E-state index in [2.05, 4.69) is 10.1 Å². The molecule has 0 saturated heterocycles. The summed E-state index contributed by atoms with van der Waals surface area (Å²) in [5.41, 5.74) is 0. The number of carbonyl (C=O) groups is 2. The molecule has 5 heteroatoms. The van der Waals surface area contributed by atoms with Crippen molar-refractivity contribution in [3.63, 3.8) is 0 Å². The average molecular weight is 241 g/mol. The van der Waals surface area contributed by atoms with Gasteiger partial charge in [0, 0.05) is 11.4 Å². The van der Waals surface area contributed by atoms with Crippen LogP contribution < -0.4 is 5.32 Å². The van der Waals surface area contributed by atoms with Crippen LogP contribution in [0, 0.1) is 0 Å². The first-order valence-electron chi connectivity index (χ1n) is 5.17. The summed E-state index contributed by atoms with van der Waals surface area (Å²) in [4.78, 5) is 23.4. The molecule has 0 saturated carbocycles. The maximum absolute atomic E-state index is 11.2. The topological polar surface area (TPSA) is 55.4 Å². The van der Waals surface area contributed by atoms with Crippen molar-refractivity contribution in [1.29, 1.82) is 0 Å². The summed E-state index contributed by atoms with van der Waals surface area (Å²) in [6.45, 7) is 2.58. The molecular formula is C11H15NO3S. The van der Waals surface area contributed by atoms with Gasteiger partial charge in [-0.15, -0.1) is 11.3 Å². The molecule has 0 aliphatic heterocycles. The van der Waals surface area contributed by atoms with E-state index in [0.717, 1.165) is 6.42 Å². The van der Waals surface area contributed by atoms with Crippen molar-refractivity contribution in [1.82, 2.24) is 5.32 Å². The molecule has 4 nitrogen and oxygen atoms in total. The van der Waals surface area contributed by atoms with Crippen molar-refractivity contribution in [2.45, 2.75) is 19.8 Å². The van der Waals surface area contributed by atoms with Gasteiger partial charge in [-0.2, -0.15) is 0 Å². The first kappa shape index (κ1) is 12.7. The molecule has 0 spiro atoms. The van der Waals surface area contributed by atoms with E-state index in [0.29, 0.717) is 13.2 Å². The van der Waals surface area contributed by atoms with Crippen LogP contribution >= 0.6 is 11.3 Å². The molecule has 1 rings (SSSR count). The molecule has 1 N–H and O–H groups in total. The maximum atomic E-state index is 11.2. The van der Waals surface area contributed by atoms with Gasteiger partial charge in [0.1, 0.15) is 6.42 Å². The Labute approximate surface area is 98.6 Å². The Morgan fingerprint density at radius 2 is 2.31 bits per heavy atom. The first-order chi connectivity index (χ1) is 7.72. The summed E-state index contributed by atoms with van der Waals surface area (Å²) in [5, 5.41) is 4.67. The molecule has 1 heterocycles. The summed E-state index contributed by atoms with van der Waals surface area (Å²) >= 11 is 1.65. The van der Waals surface area contributed by atoms with Crippen LogP contribution in [-0.2, 0) is 20.7 Å². The molecule has 0 bridgehead atoms. The molecule has 0 aromatic carbocycles. The van der Waals surface area contributed by atoms with E-state index in [-0.39, 0.29) is 12.3 Å². The van der Waals surface area contributed by atoms with Gasteiger partial charge < -0.3 is 10.1 Å². The second-order valence-electron chi connectivity index (χ2n) is 3.16. The molecule has 16 heavy (non-hydrogen) atoms. The summed E-state index contributed by atoms with van der Waals surface area (Å²) in [6, 6.07) is 3.99. The van der Waals surface area contributed by atoms with E-state index < -0.39 is 5.97 Å². The molecule has 1 aromatic heterocycles. The number of hydrogen-bond donors (Lipinski definition) is 1. The molecular weight excluding hydrogens is 226 g/mol. The quantitative estimate of drug-likeness (QED) is 0.604. The fraction of sp³-hybridized carbons (Fsp3) is 0.455. The maximum Gasteiger partial charge on any atom is 0.315 e. The highest BCUT2D eigenvalue weighted by Gasteiger charge is 2.09. The van der Waals surface area contributed by atoms with Crippen molar-refractivity contribution in [2.75, 3.05) is 13.2 Å². The van der Waals surface area contributed by atoms with Gasteiger partial charge in [-0.05, 0) is 24.8 Å². The third kappa shape index (κ3) is 4.93. The fourth-order valence-corrected chi connectivity index (χ4v) is 1.89. The van der Waals surface area contributed by atoms with Crippen LogP contribution in [-0.4, -0.2) is 25.0 Å². The number of amides is 1. The van der Waals surface area contributed by atoms with Gasteiger partial charge in [-0.25, -0.2) is 0 Å². The van der Waals surface area contributed by atoms with Crippen LogP contribution in [0.3, 0.4) is 0 Å². The lowest BCUT2D eigenvalue weighted by Crippen LogP contribution is -2.28. The third-order valence-electron chi connectivity index (χ3n) is 1.88. The van der Waals surface area contributed by atoms with E-state index in [1.165, 1.54) is 4.88 Å². The minimum absolute atomic E-state index is 0.196. The SMILES string of the molecule is CCOC(=O)CC(=O)NCCc1cccs1. The van der Waals surface area contributed by atoms with Gasteiger partial charge in [-0.3, -0.25) is 9.59 Å². The second kappa shape index (κ2) is 7.00. The number of thiophene rings is 1. The smallest absolute Gasteiger partial charge is 0.315 e. The third-order valence-corrected chi connectivity index (χ3v) is 2.82. The Morgan fingerprint density at radius 1 is 1.50 bits per heavy atom. The van der Waals surface area contributed by atoms with Gasteiger partial charge in [-0.1, -0.05) is 6.07 Å². The summed E-state index contributed by atoms with van der Waals surface area (Å²) in [6.07, 6.45) is 0.602.